The Balaban J connectivity index is 2.15. The van der Waals surface area contributed by atoms with Crippen molar-refractivity contribution in [3.63, 3.8) is 0 Å². The second kappa shape index (κ2) is 8.51. The van der Waals surface area contributed by atoms with Crippen LogP contribution in [0.5, 0.6) is 0 Å². The van der Waals surface area contributed by atoms with E-state index in [4.69, 9.17) is 0 Å². The van der Waals surface area contributed by atoms with Gasteiger partial charge in [-0.3, -0.25) is 19.7 Å². The van der Waals surface area contributed by atoms with Crippen LogP contribution in [0.2, 0.25) is 0 Å². The molecule has 2 amide bonds. The minimum Gasteiger partial charge on any atom is -0.330 e. The van der Waals surface area contributed by atoms with E-state index in [0.29, 0.717) is 0 Å². The highest BCUT2D eigenvalue weighted by molar-refractivity contribution is 6.00. The number of benzene rings is 2. The Morgan fingerprint density at radius 1 is 1.14 bits per heavy atom. The molecule has 0 aliphatic carbocycles. The second-order valence-corrected chi connectivity index (χ2v) is 5.72. The molecule has 0 saturated carbocycles. The van der Waals surface area contributed by atoms with Crippen LogP contribution in [-0.4, -0.2) is 34.7 Å². The standard InChI is InChI=1S/C18H16F3N3O4/c1-2-23(17(26)12-6-5-7-13(10-12)24(27)28)11-16(25)22-15-9-4-3-8-14(15)18(19,20)21/h3-10H,2,11H2,1H3,(H,22,25). The average molecular weight is 395 g/mol. The number of hydrogen-bond acceptors (Lipinski definition) is 4. The zero-order chi connectivity index (χ0) is 20.9. The summed E-state index contributed by atoms with van der Waals surface area (Å²) in [7, 11) is 0. The number of nitro benzene ring substituents is 1. The zero-order valence-electron chi connectivity index (χ0n) is 14.7. The Morgan fingerprint density at radius 3 is 2.43 bits per heavy atom. The maximum absolute atomic E-state index is 13.0. The smallest absolute Gasteiger partial charge is 0.330 e. The number of anilines is 1. The van der Waals surface area contributed by atoms with Crippen LogP contribution in [0.1, 0.15) is 22.8 Å². The lowest BCUT2D eigenvalue weighted by Gasteiger charge is -2.21. The number of carbonyl (C=O) groups is 2. The Hall–Kier alpha value is -3.43. The third kappa shape index (κ3) is 5.06. The number of nitro groups is 1. The molecule has 148 valence electrons. The van der Waals surface area contributed by atoms with Gasteiger partial charge in [-0.1, -0.05) is 18.2 Å². The first-order chi connectivity index (χ1) is 13.1. The molecular weight excluding hydrogens is 379 g/mol. The topological polar surface area (TPSA) is 92.6 Å². The normalized spacial score (nSPS) is 11.0. The van der Waals surface area contributed by atoms with Gasteiger partial charge in [0.25, 0.3) is 11.6 Å². The fraction of sp³-hybridized carbons (Fsp3) is 0.222. The fourth-order valence-electron chi connectivity index (χ4n) is 2.46. The Labute approximate surface area is 157 Å². The summed E-state index contributed by atoms with van der Waals surface area (Å²) in [6, 6.07) is 9.46. The van der Waals surface area contributed by atoms with Crippen LogP contribution in [0.25, 0.3) is 0 Å². The summed E-state index contributed by atoms with van der Waals surface area (Å²) in [4.78, 5) is 35.9. The highest BCUT2D eigenvalue weighted by Crippen LogP contribution is 2.34. The maximum Gasteiger partial charge on any atom is 0.418 e. The Kier molecular flexibility index (Phi) is 6.34. The van der Waals surface area contributed by atoms with Gasteiger partial charge >= 0.3 is 6.18 Å². The van der Waals surface area contributed by atoms with Gasteiger partial charge in [-0.2, -0.15) is 13.2 Å². The molecule has 0 bridgehead atoms. The molecule has 7 nitrogen and oxygen atoms in total. The molecule has 0 spiro atoms. The lowest BCUT2D eigenvalue weighted by atomic mass is 10.1. The number of hydrogen-bond donors (Lipinski definition) is 1. The number of halogens is 3. The van der Waals surface area contributed by atoms with Crippen molar-refractivity contribution in [2.24, 2.45) is 0 Å². The van der Waals surface area contributed by atoms with Crippen LogP contribution >= 0.6 is 0 Å². The van der Waals surface area contributed by atoms with Gasteiger partial charge in [-0.15, -0.1) is 0 Å². The average Bonchev–Trinajstić information content (AvgIpc) is 2.65. The predicted molar refractivity (Wildman–Crippen MR) is 94.7 cm³/mol. The van der Waals surface area contributed by atoms with E-state index in [-0.39, 0.29) is 17.8 Å². The van der Waals surface area contributed by atoms with Crippen molar-refractivity contribution >= 4 is 23.2 Å². The van der Waals surface area contributed by atoms with Crippen molar-refractivity contribution in [2.45, 2.75) is 13.1 Å². The highest BCUT2D eigenvalue weighted by atomic mass is 19.4. The van der Waals surface area contributed by atoms with Crippen LogP contribution in [0.4, 0.5) is 24.5 Å². The number of nitrogens with zero attached hydrogens (tertiary/aromatic N) is 2. The number of alkyl halides is 3. The van der Waals surface area contributed by atoms with E-state index in [1.165, 1.54) is 30.3 Å². The fourth-order valence-corrected chi connectivity index (χ4v) is 2.46. The molecule has 2 aromatic rings. The number of carbonyl (C=O) groups excluding carboxylic acids is 2. The van der Waals surface area contributed by atoms with Crippen molar-refractivity contribution in [3.05, 3.63) is 69.8 Å². The minimum absolute atomic E-state index is 0.000424. The van der Waals surface area contributed by atoms with Crippen molar-refractivity contribution < 1.29 is 27.7 Å². The third-order valence-electron chi connectivity index (χ3n) is 3.81. The van der Waals surface area contributed by atoms with Crippen LogP contribution in [0, 0.1) is 10.1 Å². The largest absolute Gasteiger partial charge is 0.418 e. The number of amides is 2. The summed E-state index contributed by atoms with van der Waals surface area (Å²) in [6.45, 7) is 1.15. The molecule has 0 unspecified atom stereocenters. The monoisotopic (exact) mass is 395 g/mol. The van der Waals surface area contributed by atoms with Gasteiger partial charge in [-0.25, -0.2) is 0 Å². The molecule has 10 heteroatoms. The van der Waals surface area contributed by atoms with Crippen molar-refractivity contribution in [1.82, 2.24) is 4.90 Å². The summed E-state index contributed by atoms with van der Waals surface area (Å²) < 4.78 is 39.0. The first-order valence-corrected chi connectivity index (χ1v) is 8.13. The number of non-ortho nitro benzene ring substituents is 1. The van der Waals surface area contributed by atoms with Gasteiger partial charge in [0.15, 0.2) is 0 Å². The molecule has 0 aliphatic rings. The van der Waals surface area contributed by atoms with Crippen molar-refractivity contribution in [2.75, 3.05) is 18.4 Å². The summed E-state index contributed by atoms with van der Waals surface area (Å²) in [5, 5.41) is 13.0. The van der Waals surface area contributed by atoms with Gasteiger partial charge in [0.1, 0.15) is 6.54 Å². The van der Waals surface area contributed by atoms with Crippen LogP contribution in [0.15, 0.2) is 48.5 Å². The van der Waals surface area contributed by atoms with Crippen molar-refractivity contribution in [1.29, 1.82) is 0 Å². The Bertz CT molecular complexity index is 900. The summed E-state index contributed by atoms with van der Waals surface area (Å²) in [5.74, 6) is -1.47. The summed E-state index contributed by atoms with van der Waals surface area (Å²) in [5.41, 5.74) is -1.71. The molecule has 0 radical (unpaired) electrons. The van der Waals surface area contributed by atoms with Crippen LogP contribution in [0.3, 0.4) is 0 Å². The van der Waals surface area contributed by atoms with E-state index in [1.54, 1.807) is 6.92 Å². The molecule has 0 fully saturated rings. The van der Waals surface area contributed by atoms with Gasteiger partial charge in [0, 0.05) is 24.2 Å². The lowest BCUT2D eigenvalue weighted by Crippen LogP contribution is -2.38. The molecule has 0 saturated heterocycles. The number of para-hydroxylation sites is 1. The molecule has 28 heavy (non-hydrogen) atoms. The first-order valence-electron chi connectivity index (χ1n) is 8.13. The molecule has 0 aliphatic heterocycles. The molecule has 0 heterocycles. The van der Waals surface area contributed by atoms with Crippen LogP contribution in [-0.2, 0) is 11.0 Å². The van der Waals surface area contributed by atoms with E-state index in [0.717, 1.165) is 23.1 Å². The van der Waals surface area contributed by atoms with Crippen LogP contribution < -0.4 is 5.32 Å². The summed E-state index contributed by atoms with van der Waals surface area (Å²) >= 11 is 0. The SMILES string of the molecule is CCN(CC(=O)Nc1ccccc1C(F)(F)F)C(=O)c1cccc([N+](=O)[O-])c1. The Morgan fingerprint density at radius 2 is 1.82 bits per heavy atom. The molecule has 0 aromatic heterocycles. The number of nitrogens with one attached hydrogen (secondary N) is 1. The number of likely N-dealkylation sites (N-methyl/N-ethyl adjacent to an activating group) is 1. The van der Waals surface area contributed by atoms with E-state index in [9.17, 15) is 32.9 Å². The van der Waals surface area contributed by atoms with E-state index >= 15 is 0 Å². The number of rotatable bonds is 6. The summed E-state index contributed by atoms with van der Waals surface area (Å²) in [6.07, 6.45) is -4.65. The lowest BCUT2D eigenvalue weighted by molar-refractivity contribution is -0.384. The van der Waals surface area contributed by atoms with Gasteiger partial charge in [0.05, 0.1) is 16.2 Å². The quantitative estimate of drug-likeness (QED) is 0.596. The molecule has 0 atom stereocenters. The van der Waals surface area contributed by atoms with Crippen molar-refractivity contribution in [3.8, 4) is 0 Å². The molecule has 2 rings (SSSR count). The van der Waals surface area contributed by atoms with Gasteiger partial charge in [-0.05, 0) is 25.1 Å². The maximum atomic E-state index is 13.0. The third-order valence-corrected chi connectivity index (χ3v) is 3.81. The molecular formula is C18H16F3N3O4. The highest BCUT2D eigenvalue weighted by Gasteiger charge is 2.33. The van der Waals surface area contributed by atoms with E-state index in [1.807, 2.05) is 0 Å². The second-order valence-electron chi connectivity index (χ2n) is 5.72. The first kappa shape index (κ1) is 20.9. The molecule has 1 N–H and O–H groups in total. The zero-order valence-corrected chi connectivity index (χ0v) is 14.7. The van der Waals surface area contributed by atoms with E-state index < -0.39 is 40.7 Å². The minimum atomic E-state index is -4.65. The predicted octanol–water partition coefficient (Wildman–Crippen LogP) is 3.71. The van der Waals surface area contributed by atoms with Gasteiger partial charge < -0.3 is 10.2 Å². The van der Waals surface area contributed by atoms with E-state index in [2.05, 4.69) is 5.32 Å². The molecule has 2 aromatic carbocycles. The van der Waals surface area contributed by atoms with Gasteiger partial charge in [0.2, 0.25) is 5.91 Å².